The van der Waals surface area contributed by atoms with E-state index < -0.39 is 0 Å². The summed E-state index contributed by atoms with van der Waals surface area (Å²) < 4.78 is 0. The molecule has 0 amide bonds. The van der Waals surface area contributed by atoms with Gasteiger partial charge in [-0.1, -0.05) is 24.8 Å². The maximum atomic E-state index is 5.52. The van der Waals surface area contributed by atoms with Crippen LogP contribution in [0.15, 0.2) is 23.9 Å². The summed E-state index contributed by atoms with van der Waals surface area (Å²) in [6.07, 6.45) is 6.75. The Morgan fingerprint density at radius 2 is 2.50 bits per heavy atom. The third-order valence-electron chi connectivity index (χ3n) is 1.47. The fraction of sp³-hybridized carbons (Fsp3) is 0.333. The van der Waals surface area contributed by atoms with Crippen LogP contribution in [0.25, 0.3) is 0 Å². The van der Waals surface area contributed by atoms with E-state index in [0.717, 1.165) is 12.1 Å². The van der Waals surface area contributed by atoms with Gasteiger partial charge in [0.15, 0.2) is 0 Å². The van der Waals surface area contributed by atoms with Crippen LogP contribution in [0, 0.1) is 17.8 Å². The Kier molecular flexibility index (Phi) is 2.17. The van der Waals surface area contributed by atoms with Crippen molar-refractivity contribution in [3.05, 3.63) is 23.9 Å². The third-order valence-corrected chi connectivity index (χ3v) is 1.47. The fourth-order valence-electron chi connectivity index (χ4n) is 0.794. The van der Waals surface area contributed by atoms with Crippen molar-refractivity contribution in [2.75, 3.05) is 0 Å². The molecule has 0 fully saturated rings. The Morgan fingerprint density at radius 3 is 3.20 bits per heavy atom. The maximum Gasteiger partial charge on any atom is 0.0396 e. The molecule has 1 aliphatic rings. The number of hydrogen-bond acceptors (Lipinski definition) is 1. The lowest BCUT2D eigenvalue weighted by molar-refractivity contribution is 0.800. The SMILES string of the molecule is CCC1C#CC=C(N)C=C1. The van der Waals surface area contributed by atoms with Crippen molar-refractivity contribution in [1.29, 1.82) is 0 Å². The fourth-order valence-corrected chi connectivity index (χ4v) is 0.794. The number of allylic oxidation sites excluding steroid dienone is 3. The summed E-state index contributed by atoms with van der Waals surface area (Å²) in [5.74, 6) is 6.35. The largest absolute Gasteiger partial charge is 0.398 e. The molecule has 0 aromatic heterocycles. The Hall–Kier alpha value is -1.16. The van der Waals surface area contributed by atoms with E-state index in [2.05, 4.69) is 18.8 Å². The Morgan fingerprint density at radius 1 is 1.70 bits per heavy atom. The van der Waals surface area contributed by atoms with E-state index in [1.54, 1.807) is 6.08 Å². The van der Waals surface area contributed by atoms with Gasteiger partial charge >= 0.3 is 0 Å². The van der Waals surface area contributed by atoms with Gasteiger partial charge in [0.05, 0.1) is 0 Å². The molecule has 2 N–H and O–H groups in total. The second-order valence-electron chi connectivity index (χ2n) is 2.31. The van der Waals surface area contributed by atoms with Gasteiger partial charge in [-0.05, 0) is 12.5 Å². The van der Waals surface area contributed by atoms with Crippen LogP contribution in [-0.4, -0.2) is 0 Å². The first-order valence-corrected chi connectivity index (χ1v) is 3.48. The molecule has 0 saturated heterocycles. The summed E-state index contributed by atoms with van der Waals surface area (Å²) in [6, 6.07) is 0. The molecular formula is C9H11N. The third kappa shape index (κ3) is 1.66. The normalized spacial score (nSPS) is 22.5. The standard InChI is InChI=1S/C9H11N/c1-2-8-4-3-5-9(10)7-6-8/h5-8H,2,10H2,1H3. The highest BCUT2D eigenvalue weighted by Gasteiger charge is 1.96. The lowest BCUT2D eigenvalue weighted by Crippen LogP contribution is -1.92. The van der Waals surface area contributed by atoms with E-state index >= 15 is 0 Å². The summed E-state index contributed by atoms with van der Waals surface area (Å²) in [7, 11) is 0. The highest BCUT2D eigenvalue weighted by atomic mass is 14.5. The zero-order chi connectivity index (χ0) is 7.40. The highest BCUT2D eigenvalue weighted by molar-refractivity contribution is 5.32. The van der Waals surface area contributed by atoms with Gasteiger partial charge in [0.25, 0.3) is 0 Å². The molecule has 0 heterocycles. The predicted octanol–water partition coefficient (Wildman–Crippen LogP) is 1.43. The molecule has 0 spiro atoms. The summed E-state index contributed by atoms with van der Waals surface area (Å²) in [6.45, 7) is 2.12. The molecule has 0 aliphatic heterocycles. The van der Waals surface area contributed by atoms with Crippen LogP contribution in [0.2, 0.25) is 0 Å². The number of nitrogens with two attached hydrogens (primary N) is 1. The minimum atomic E-state index is 0.386. The molecule has 0 saturated carbocycles. The molecule has 1 unspecified atom stereocenters. The van der Waals surface area contributed by atoms with Crippen LogP contribution in [0.5, 0.6) is 0 Å². The van der Waals surface area contributed by atoms with Gasteiger partial charge in [0.1, 0.15) is 0 Å². The lowest BCUT2D eigenvalue weighted by Gasteiger charge is -1.96. The molecule has 10 heavy (non-hydrogen) atoms. The molecule has 0 aromatic carbocycles. The van der Waals surface area contributed by atoms with Crippen LogP contribution in [0.1, 0.15) is 13.3 Å². The molecule has 0 radical (unpaired) electrons. The molecule has 1 heteroatoms. The van der Waals surface area contributed by atoms with Gasteiger partial charge in [-0.2, -0.15) is 0 Å². The first-order chi connectivity index (χ1) is 4.83. The second-order valence-corrected chi connectivity index (χ2v) is 2.31. The number of hydrogen-bond donors (Lipinski definition) is 1. The monoisotopic (exact) mass is 133 g/mol. The molecule has 52 valence electrons. The average Bonchev–Trinajstić information content (AvgIpc) is 2.14. The van der Waals surface area contributed by atoms with E-state index in [0.29, 0.717) is 5.92 Å². The molecule has 1 nitrogen and oxygen atoms in total. The van der Waals surface area contributed by atoms with E-state index in [4.69, 9.17) is 5.73 Å². The van der Waals surface area contributed by atoms with Crippen LogP contribution >= 0.6 is 0 Å². The van der Waals surface area contributed by atoms with E-state index in [9.17, 15) is 0 Å². The van der Waals surface area contributed by atoms with Crippen molar-refractivity contribution >= 4 is 0 Å². The highest BCUT2D eigenvalue weighted by Crippen LogP contribution is 2.05. The zero-order valence-electron chi connectivity index (χ0n) is 6.09. The first kappa shape index (κ1) is 6.95. The molecular weight excluding hydrogens is 122 g/mol. The van der Waals surface area contributed by atoms with Gasteiger partial charge in [0, 0.05) is 17.7 Å². The minimum Gasteiger partial charge on any atom is -0.398 e. The van der Waals surface area contributed by atoms with Crippen molar-refractivity contribution in [2.45, 2.75) is 13.3 Å². The molecule has 1 rings (SSSR count). The molecule has 0 bridgehead atoms. The topological polar surface area (TPSA) is 26.0 Å². The molecule has 1 atom stereocenters. The van der Waals surface area contributed by atoms with Crippen LogP contribution in [0.3, 0.4) is 0 Å². The van der Waals surface area contributed by atoms with Gasteiger partial charge < -0.3 is 5.73 Å². The van der Waals surface area contributed by atoms with Crippen molar-refractivity contribution in [3.63, 3.8) is 0 Å². The van der Waals surface area contributed by atoms with Crippen LogP contribution in [0.4, 0.5) is 0 Å². The second kappa shape index (κ2) is 3.12. The van der Waals surface area contributed by atoms with E-state index in [1.165, 1.54) is 0 Å². The van der Waals surface area contributed by atoms with Crippen LogP contribution < -0.4 is 5.73 Å². The van der Waals surface area contributed by atoms with Gasteiger partial charge in [-0.3, -0.25) is 0 Å². The van der Waals surface area contributed by atoms with Gasteiger partial charge in [0.2, 0.25) is 0 Å². The Bertz CT molecular complexity index is 225. The van der Waals surface area contributed by atoms with Crippen molar-refractivity contribution in [3.8, 4) is 11.8 Å². The summed E-state index contributed by atoms with van der Waals surface area (Å²) in [5.41, 5.74) is 6.28. The lowest BCUT2D eigenvalue weighted by atomic mass is 10.1. The smallest absolute Gasteiger partial charge is 0.0396 e. The van der Waals surface area contributed by atoms with Gasteiger partial charge in [-0.15, -0.1) is 0 Å². The van der Waals surface area contributed by atoms with Crippen molar-refractivity contribution in [1.82, 2.24) is 0 Å². The van der Waals surface area contributed by atoms with E-state index in [-0.39, 0.29) is 0 Å². The van der Waals surface area contributed by atoms with Crippen molar-refractivity contribution < 1.29 is 0 Å². The average molecular weight is 133 g/mol. The Labute approximate surface area is 61.6 Å². The maximum absolute atomic E-state index is 5.52. The summed E-state index contributed by atoms with van der Waals surface area (Å²) >= 11 is 0. The molecule has 0 aromatic rings. The minimum absolute atomic E-state index is 0.386. The number of rotatable bonds is 1. The first-order valence-electron chi connectivity index (χ1n) is 3.48. The van der Waals surface area contributed by atoms with E-state index in [1.807, 2.05) is 12.2 Å². The quantitative estimate of drug-likeness (QED) is 0.538. The Balaban J connectivity index is 2.73. The van der Waals surface area contributed by atoms with Crippen LogP contribution in [-0.2, 0) is 0 Å². The van der Waals surface area contributed by atoms with Gasteiger partial charge in [-0.25, -0.2) is 0 Å². The van der Waals surface area contributed by atoms with Crippen molar-refractivity contribution in [2.24, 2.45) is 11.7 Å². The molecule has 1 aliphatic carbocycles. The predicted molar refractivity (Wildman–Crippen MR) is 43.0 cm³/mol. The zero-order valence-corrected chi connectivity index (χ0v) is 6.09. The summed E-state index contributed by atoms with van der Waals surface area (Å²) in [5, 5.41) is 0. The summed E-state index contributed by atoms with van der Waals surface area (Å²) in [4.78, 5) is 0.